The van der Waals surface area contributed by atoms with E-state index in [0.29, 0.717) is 18.9 Å². The van der Waals surface area contributed by atoms with E-state index in [0.717, 1.165) is 12.7 Å². The SMILES string of the molecule is C[C@H]1CO[C@H](C=O)[C@H]1CCC#N. The van der Waals surface area contributed by atoms with Crippen molar-refractivity contribution in [2.75, 3.05) is 6.61 Å². The van der Waals surface area contributed by atoms with Crippen molar-refractivity contribution in [1.29, 1.82) is 5.26 Å². The van der Waals surface area contributed by atoms with Crippen molar-refractivity contribution < 1.29 is 9.53 Å². The topological polar surface area (TPSA) is 50.1 Å². The van der Waals surface area contributed by atoms with Crippen LogP contribution in [-0.2, 0) is 9.53 Å². The Labute approximate surface area is 72.3 Å². The summed E-state index contributed by atoms with van der Waals surface area (Å²) in [4.78, 5) is 10.5. The summed E-state index contributed by atoms with van der Waals surface area (Å²) in [6.07, 6.45) is 1.88. The number of carbonyl (C=O) groups excluding carboxylic acids is 1. The number of carbonyl (C=O) groups is 1. The van der Waals surface area contributed by atoms with Crippen molar-refractivity contribution in [2.45, 2.75) is 25.9 Å². The van der Waals surface area contributed by atoms with Crippen molar-refractivity contribution in [3.8, 4) is 6.07 Å². The summed E-state index contributed by atoms with van der Waals surface area (Å²) in [5.41, 5.74) is 0. The Balaban J connectivity index is 2.47. The van der Waals surface area contributed by atoms with Crippen molar-refractivity contribution in [2.24, 2.45) is 11.8 Å². The Morgan fingerprint density at radius 3 is 3.08 bits per heavy atom. The molecule has 0 spiro atoms. The van der Waals surface area contributed by atoms with Gasteiger partial charge in [-0.15, -0.1) is 0 Å². The van der Waals surface area contributed by atoms with E-state index in [4.69, 9.17) is 10.00 Å². The van der Waals surface area contributed by atoms with Gasteiger partial charge in [0.1, 0.15) is 12.4 Å². The molecule has 12 heavy (non-hydrogen) atoms. The van der Waals surface area contributed by atoms with Crippen LogP contribution in [0.2, 0.25) is 0 Å². The average molecular weight is 167 g/mol. The summed E-state index contributed by atoms with van der Waals surface area (Å²) in [5.74, 6) is 0.663. The lowest BCUT2D eigenvalue weighted by Crippen LogP contribution is -2.20. The second kappa shape index (κ2) is 4.22. The normalized spacial score (nSPS) is 34.5. The molecule has 0 unspecified atom stereocenters. The van der Waals surface area contributed by atoms with E-state index in [2.05, 4.69) is 13.0 Å². The molecule has 0 saturated carbocycles. The number of aldehydes is 1. The summed E-state index contributed by atoms with van der Waals surface area (Å²) in [6.45, 7) is 2.71. The van der Waals surface area contributed by atoms with Crippen LogP contribution in [-0.4, -0.2) is 19.0 Å². The van der Waals surface area contributed by atoms with E-state index >= 15 is 0 Å². The van der Waals surface area contributed by atoms with Crippen LogP contribution in [0.15, 0.2) is 0 Å². The molecule has 0 aromatic rings. The molecule has 3 nitrogen and oxygen atoms in total. The maximum atomic E-state index is 10.5. The molecule has 0 bridgehead atoms. The summed E-state index contributed by atoms with van der Waals surface area (Å²) in [7, 11) is 0. The molecule has 0 N–H and O–H groups in total. The fourth-order valence-electron chi connectivity index (χ4n) is 1.65. The zero-order valence-corrected chi connectivity index (χ0v) is 7.19. The third-order valence-electron chi connectivity index (χ3n) is 2.43. The molecule has 0 aliphatic carbocycles. The highest BCUT2D eigenvalue weighted by Crippen LogP contribution is 2.29. The molecule has 0 amide bonds. The number of nitriles is 1. The van der Waals surface area contributed by atoms with Crippen LogP contribution in [0.3, 0.4) is 0 Å². The van der Waals surface area contributed by atoms with Crippen LogP contribution in [0, 0.1) is 23.2 Å². The van der Waals surface area contributed by atoms with Gasteiger partial charge >= 0.3 is 0 Å². The fourth-order valence-corrected chi connectivity index (χ4v) is 1.65. The van der Waals surface area contributed by atoms with Crippen LogP contribution in [0.4, 0.5) is 0 Å². The van der Waals surface area contributed by atoms with Gasteiger partial charge in [-0.2, -0.15) is 5.26 Å². The van der Waals surface area contributed by atoms with Gasteiger partial charge in [0, 0.05) is 6.42 Å². The highest BCUT2D eigenvalue weighted by Gasteiger charge is 2.33. The first-order valence-corrected chi connectivity index (χ1v) is 4.23. The Morgan fingerprint density at radius 2 is 2.50 bits per heavy atom. The van der Waals surface area contributed by atoms with E-state index < -0.39 is 0 Å². The minimum absolute atomic E-state index is 0.252. The van der Waals surface area contributed by atoms with Gasteiger partial charge in [-0.05, 0) is 18.3 Å². The van der Waals surface area contributed by atoms with E-state index in [9.17, 15) is 4.79 Å². The van der Waals surface area contributed by atoms with Crippen LogP contribution in [0.1, 0.15) is 19.8 Å². The second-order valence-corrected chi connectivity index (χ2v) is 3.27. The quantitative estimate of drug-likeness (QED) is 0.592. The van der Waals surface area contributed by atoms with Gasteiger partial charge in [-0.3, -0.25) is 0 Å². The molecule has 1 aliphatic rings. The van der Waals surface area contributed by atoms with Gasteiger partial charge in [-0.25, -0.2) is 0 Å². The van der Waals surface area contributed by atoms with Crippen molar-refractivity contribution >= 4 is 6.29 Å². The van der Waals surface area contributed by atoms with Gasteiger partial charge in [0.25, 0.3) is 0 Å². The number of ether oxygens (including phenoxy) is 1. The van der Waals surface area contributed by atoms with E-state index in [1.54, 1.807) is 0 Å². The highest BCUT2D eigenvalue weighted by molar-refractivity contribution is 5.57. The first-order chi connectivity index (χ1) is 5.79. The first-order valence-electron chi connectivity index (χ1n) is 4.23. The van der Waals surface area contributed by atoms with E-state index in [1.807, 2.05) is 0 Å². The first kappa shape index (κ1) is 9.21. The summed E-state index contributed by atoms with van der Waals surface area (Å²) in [5, 5.41) is 8.39. The molecule has 3 atom stereocenters. The molecule has 3 heteroatoms. The lowest BCUT2D eigenvalue weighted by atomic mass is 9.89. The Bertz CT molecular complexity index is 197. The van der Waals surface area contributed by atoms with Crippen LogP contribution in [0.25, 0.3) is 0 Å². The van der Waals surface area contributed by atoms with Gasteiger partial charge in [-0.1, -0.05) is 6.92 Å². The fraction of sp³-hybridized carbons (Fsp3) is 0.778. The Hall–Kier alpha value is -0.880. The smallest absolute Gasteiger partial charge is 0.149 e. The maximum absolute atomic E-state index is 10.5. The Morgan fingerprint density at radius 1 is 1.75 bits per heavy atom. The molecule has 1 aliphatic heterocycles. The monoisotopic (exact) mass is 167 g/mol. The third-order valence-corrected chi connectivity index (χ3v) is 2.43. The van der Waals surface area contributed by atoms with Crippen molar-refractivity contribution in [3.63, 3.8) is 0 Å². The molecule has 0 aromatic heterocycles. The molecule has 0 radical (unpaired) electrons. The standard InChI is InChI=1S/C9H13NO2/c1-7-6-12-9(5-11)8(7)3-2-4-10/h5,7-9H,2-3,6H2,1H3/t7-,8-,9+/m0/s1. The zero-order chi connectivity index (χ0) is 8.97. The van der Waals surface area contributed by atoms with Gasteiger partial charge in [0.2, 0.25) is 0 Å². The van der Waals surface area contributed by atoms with Gasteiger partial charge < -0.3 is 9.53 Å². The minimum atomic E-state index is -0.270. The Kier molecular flexibility index (Phi) is 3.24. The number of hydrogen-bond acceptors (Lipinski definition) is 3. The zero-order valence-electron chi connectivity index (χ0n) is 7.19. The van der Waals surface area contributed by atoms with Crippen molar-refractivity contribution in [3.05, 3.63) is 0 Å². The number of hydrogen-bond donors (Lipinski definition) is 0. The summed E-state index contributed by atoms with van der Waals surface area (Å²) >= 11 is 0. The third kappa shape index (κ3) is 1.83. The lowest BCUT2D eigenvalue weighted by Gasteiger charge is -2.14. The molecule has 0 aromatic carbocycles. The summed E-state index contributed by atoms with van der Waals surface area (Å²) < 4.78 is 5.25. The van der Waals surface area contributed by atoms with E-state index in [1.165, 1.54) is 0 Å². The predicted octanol–water partition coefficient (Wildman–Crippen LogP) is 1.14. The minimum Gasteiger partial charge on any atom is -0.370 e. The molecule has 1 fully saturated rings. The lowest BCUT2D eigenvalue weighted by molar-refractivity contribution is -0.117. The summed E-state index contributed by atoms with van der Waals surface area (Å²) in [6, 6.07) is 2.09. The van der Waals surface area contributed by atoms with Gasteiger partial charge in [0.15, 0.2) is 0 Å². The number of rotatable bonds is 3. The molecule has 1 rings (SSSR count). The average Bonchev–Trinajstić information content (AvgIpc) is 2.43. The maximum Gasteiger partial charge on any atom is 0.149 e. The molecule has 1 saturated heterocycles. The largest absolute Gasteiger partial charge is 0.370 e. The highest BCUT2D eigenvalue weighted by atomic mass is 16.5. The second-order valence-electron chi connectivity index (χ2n) is 3.27. The predicted molar refractivity (Wildman–Crippen MR) is 43.3 cm³/mol. The van der Waals surface area contributed by atoms with Crippen LogP contribution in [0.5, 0.6) is 0 Å². The van der Waals surface area contributed by atoms with Crippen LogP contribution >= 0.6 is 0 Å². The van der Waals surface area contributed by atoms with Crippen molar-refractivity contribution in [1.82, 2.24) is 0 Å². The van der Waals surface area contributed by atoms with Gasteiger partial charge in [0.05, 0.1) is 12.7 Å². The number of nitrogens with zero attached hydrogens (tertiary/aromatic N) is 1. The molecule has 1 heterocycles. The molecular weight excluding hydrogens is 154 g/mol. The van der Waals surface area contributed by atoms with E-state index in [-0.39, 0.29) is 12.0 Å². The molecular formula is C9H13NO2. The molecule has 66 valence electrons. The van der Waals surface area contributed by atoms with Crippen LogP contribution < -0.4 is 0 Å².